The Balaban J connectivity index is 1.84. The van der Waals surface area contributed by atoms with Crippen LogP contribution in [0.25, 0.3) is 0 Å². The standard InChI is InChI=1S/C10H15ClN2O/c11-10-7-12-3-4-13(10)8-9-1-5-14-6-2-9/h3,7,9H,1-2,4-6,8H2. The molecule has 0 aromatic rings. The van der Waals surface area contributed by atoms with Gasteiger partial charge in [0.1, 0.15) is 5.16 Å². The van der Waals surface area contributed by atoms with E-state index >= 15 is 0 Å². The summed E-state index contributed by atoms with van der Waals surface area (Å²) in [6, 6.07) is 0. The van der Waals surface area contributed by atoms with Crippen LogP contribution in [0, 0.1) is 5.92 Å². The maximum atomic E-state index is 6.04. The van der Waals surface area contributed by atoms with E-state index in [1.165, 1.54) is 0 Å². The lowest BCUT2D eigenvalue weighted by molar-refractivity contribution is 0.0586. The molecule has 0 radical (unpaired) electrons. The van der Waals surface area contributed by atoms with E-state index in [2.05, 4.69) is 9.89 Å². The van der Waals surface area contributed by atoms with Crippen molar-refractivity contribution in [2.45, 2.75) is 12.8 Å². The summed E-state index contributed by atoms with van der Waals surface area (Å²) in [6.07, 6.45) is 5.91. The zero-order valence-corrected chi connectivity index (χ0v) is 8.91. The Hall–Kier alpha value is -0.540. The maximum Gasteiger partial charge on any atom is 0.123 e. The summed E-state index contributed by atoms with van der Waals surface area (Å²) < 4.78 is 5.32. The molecule has 0 aromatic carbocycles. The summed E-state index contributed by atoms with van der Waals surface area (Å²) in [5.74, 6) is 0.720. The predicted octanol–water partition coefficient (Wildman–Crippen LogP) is 1.84. The van der Waals surface area contributed by atoms with Crippen molar-refractivity contribution in [1.82, 2.24) is 4.90 Å². The van der Waals surface area contributed by atoms with Crippen LogP contribution in [0.1, 0.15) is 12.8 Å². The number of rotatable bonds is 2. The molecule has 1 saturated heterocycles. The van der Waals surface area contributed by atoms with Gasteiger partial charge in [0, 0.05) is 26.0 Å². The van der Waals surface area contributed by atoms with Gasteiger partial charge in [-0.25, -0.2) is 0 Å². The molecule has 0 unspecified atom stereocenters. The third-order valence-corrected chi connectivity index (χ3v) is 3.05. The SMILES string of the molecule is ClC1=CN=CCN1CC1CCOCC1. The van der Waals surface area contributed by atoms with Gasteiger partial charge in [0.25, 0.3) is 0 Å². The van der Waals surface area contributed by atoms with E-state index in [4.69, 9.17) is 16.3 Å². The van der Waals surface area contributed by atoms with E-state index in [1.54, 1.807) is 6.20 Å². The molecule has 0 spiro atoms. The molecule has 0 aliphatic carbocycles. The third kappa shape index (κ3) is 2.49. The van der Waals surface area contributed by atoms with E-state index < -0.39 is 0 Å². The highest BCUT2D eigenvalue weighted by molar-refractivity contribution is 6.29. The molecule has 0 N–H and O–H groups in total. The van der Waals surface area contributed by atoms with Crippen LogP contribution in [-0.2, 0) is 4.74 Å². The van der Waals surface area contributed by atoms with Crippen molar-refractivity contribution < 1.29 is 4.74 Å². The molecule has 0 saturated carbocycles. The van der Waals surface area contributed by atoms with Gasteiger partial charge in [0.2, 0.25) is 0 Å². The monoisotopic (exact) mass is 214 g/mol. The van der Waals surface area contributed by atoms with Crippen LogP contribution in [0.15, 0.2) is 16.3 Å². The van der Waals surface area contributed by atoms with Crippen molar-refractivity contribution in [1.29, 1.82) is 0 Å². The largest absolute Gasteiger partial charge is 0.381 e. The summed E-state index contributed by atoms with van der Waals surface area (Å²) in [7, 11) is 0. The summed E-state index contributed by atoms with van der Waals surface area (Å²) in [4.78, 5) is 6.19. The average molecular weight is 215 g/mol. The fraction of sp³-hybridized carbons (Fsp3) is 0.700. The Morgan fingerprint density at radius 1 is 1.50 bits per heavy atom. The van der Waals surface area contributed by atoms with Gasteiger partial charge in [0.15, 0.2) is 0 Å². The van der Waals surface area contributed by atoms with Crippen LogP contribution >= 0.6 is 11.6 Å². The molecule has 78 valence electrons. The van der Waals surface area contributed by atoms with Gasteiger partial charge in [-0.05, 0) is 18.8 Å². The summed E-state index contributed by atoms with van der Waals surface area (Å²) in [5.41, 5.74) is 0. The quantitative estimate of drug-likeness (QED) is 0.656. The van der Waals surface area contributed by atoms with Gasteiger partial charge >= 0.3 is 0 Å². The Kier molecular flexibility index (Phi) is 3.43. The lowest BCUT2D eigenvalue weighted by Crippen LogP contribution is -2.33. The third-order valence-electron chi connectivity index (χ3n) is 2.71. The molecular weight excluding hydrogens is 200 g/mol. The first-order chi connectivity index (χ1) is 6.86. The van der Waals surface area contributed by atoms with Crippen LogP contribution in [0.5, 0.6) is 0 Å². The topological polar surface area (TPSA) is 24.8 Å². The lowest BCUT2D eigenvalue weighted by Gasteiger charge is -2.30. The summed E-state index contributed by atoms with van der Waals surface area (Å²) >= 11 is 6.04. The number of ether oxygens (including phenoxy) is 1. The highest BCUT2D eigenvalue weighted by atomic mass is 35.5. The number of hydrogen-bond donors (Lipinski definition) is 0. The Morgan fingerprint density at radius 3 is 3.00 bits per heavy atom. The van der Waals surface area contributed by atoms with Gasteiger partial charge in [0.05, 0.1) is 12.7 Å². The van der Waals surface area contributed by atoms with Crippen LogP contribution in [0.3, 0.4) is 0 Å². The van der Waals surface area contributed by atoms with Gasteiger partial charge in [-0.15, -0.1) is 0 Å². The summed E-state index contributed by atoms with van der Waals surface area (Å²) in [6.45, 7) is 3.67. The van der Waals surface area contributed by atoms with Crippen molar-refractivity contribution in [2.24, 2.45) is 10.9 Å². The maximum absolute atomic E-state index is 6.04. The fourth-order valence-electron chi connectivity index (χ4n) is 1.83. The van der Waals surface area contributed by atoms with Crippen LogP contribution in [-0.4, -0.2) is 37.4 Å². The minimum Gasteiger partial charge on any atom is -0.381 e. The second kappa shape index (κ2) is 4.80. The van der Waals surface area contributed by atoms with E-state index in [9.17, 15) is 0 Å². The zero-order chi connectivity index (χ0) is 9.80. The normalized spacial score (nSPS) is 23.8. The van der Waals surface area contributed by atoms with Crippen molar-refractivity contribution >= 4 is 17.8 Å². The zero-order valence-electron chi connectivity index (χ0n) is 8.16. The molecule has 0 amide bonds. The van der Waals surface area contributed by atoms with E-state index in [-0.39, 0.29) is 0 Å². The van der Waals surface area contributed by atoms with Gasteiger partial charge < -0.3 is 9.64 Å². The highest BCUT2D eigenvalue weighted by Gasteiger charge is 2.18. The fourth-order valence-corrected chi connectivity index (χ4v) is 2.03. The minimum atomic E-state index is 0.720. The molecule has 2 heterocycles. The molecule has 2 aliphatic heterocycles. The molecule has 0 atom stereocenters. The van der Waals surface area contributed by atoms with Crippen molar-refractivity contribution in [2.75, 3.05) is 26.3 Å². The second-order valence-corrected chi connectivity index (χ2v) is 4.13. The van der Waals surface area contributed by atoms with E-state index in [1.807, 2.05) is 6.21 Å². The molecule has 14 heavy (non-hydrogen) atoms. The minimum absolute atomic E-state index is 0.720. The highest BCUT2D eigenvalue weighted by Crippen LogP contribution is 2.20. The summed E-state index contributed by atoms with van der Waals surface area (Å²) in [5, 5.41) is 0.763. The molecule has 3 nitrogen and oxygen atoms in total. The van der Waals surface area contributed by atoms with E-state index in [0.717, 1.165) is 50.2 Å². The Labute approximate surface area is 89.4 Å². The number of nitrogens with zero attached hydrogens (tertiary/aromatic N) is 2. The van der Waals surface area contributed by atoms with Crippen LogP contribution < -0.4 is 0 Å². The smallest absolute Gasteiger partial charge is 0.123 e. The molecule has 4 heteroatoms. The first-order valence-corrected chi connectivity index (χ1v) is 5.44. The van der Waals surface area contributed by atoms with Crippen molar-refractivity contribution in [3.05, 3.63) is 11.4 Å². The molecule has 1 fully saturated rings. The van der Waals surface area contributed by atoms with Crippen molar-refractivity contribution in [3.63, 3.8) is 0 Å². The molecular formula is C10H15ClN2O. The number of aliphatic imine (C=N–C) groups is 1. The molecule has 2 rings (SSSR count). The first kappa shape index (κ1) is 9.99. The predicted molar refractivity (Wildman–Crippen MR) is 57.5 cm³/mol. The molecule has 2 aliphatic rings. The van der Waals surface area contributed by atoms with Crippen molar-refractivity contribution in [3.8, 4) is 0 Å². The number of hydrogen-bond acceptors (Lipinski definition) is 3. The van der Waals surface area contributed by atoms with Crippen LogP contribution in [0.2, 0.25) is 0 Å². The average Bonchev–Trinajstić information content (AvgIpc) is 2.23. The Morgan fingerprint density at radius 2 is 2.29 bits per heavy atom. The van der Waals surface area contributed by atoms with Crippen LogP contribution in [0.4, 0.5) is 0 Å². The Bertz CT molecular complexity index is 247. The molecule has 0 aromatic heterocycles. The lowest BCUT2D eigenvalue weighted by atomic mass is 10.00. The van der Waals surface area contributed by atoms with E-state index in [0.29, 0.717) is 0 Å². The second-order valence-electron chi connectivity index (χ2n) is 3.74. The van der Waals surface area contributed by atoms with Gasteiger partial charge in [-0.1, -0.05) is 11.6 Å². The van der Waals surface area contributed by atoms with Gasteiger partial charge in [-0.2, -0.15) is 0 Å². The molecule has 0 bridgehead atoms. The first-order valence-electron chi connectivity index (χ1n) is 5.06. The number of halogens is 1. The van der Waals surface area contributed by atoms with Gasteiger partial charge in [-0.3, -0.25) is 4.99 Å².